The fraction of sp³-hybridized carbons (Fsp3) is 0.0588. The Kier molecular flexibility index (Phi) is 4.62. The number of fused-ring (bicyclic) bond motifs is 1. The topological polar surface area (TPSA) is 107 Å². The minimum absolute atomic E-state index is 0.0911. The summed E-state index contributed by atoms with van der Waals surface area (Å²) in [4.78, 5) is 26.6. The van der Waals surface area contributed by atoms with Gasteiger partial charge in [-0.05, 0) is 36.8 Å². The average molecular weight is 401 g/mol. The number of H-pyrrole nitrogens is 1. The van der Waals surface area contributed by atoms with Gasteiger partial charge >= 0.3 is 11.8 Å². The molecular weight excluding hydrogens is 388 g/mol. The predicted octanol–water partition coefficient (Wildman–Crippen LogP) is 4.19. The van der Waals surface area contributed by atoms with E-state index in [1.54, 1.807) is 30.3 Å². The monoisotopic (exact) mass is 400 g/mol. The minimum atomic E-state index is -1.06. The molecule has 25 heavy (non-hydrogen) atoms. The van der Waals surface area contributed by atoms with Crippen molar-refractivity contribution in [1.29, 1.82) is 0 Å². The highest BCUT2D eigenvalue weighted by molar-refractivity contribution is 9.10. The van der Waals surface area contributed by atoms with Crippen LogP contribution >= 0.6 is 15.9 Å². The molecule has 7 nitrogen and oxygen atoms in total. The van der Waals surface area contributed by atoms with E-state index in [1.807, 2.05) is 19.1 Å². The zero-order valence-electron chi connectivity index (χ0n) is 13.1. The minimum Gasteiger partial charge on any atom is -0.493 e. The van der Waals surface area contributed by atoms with Crippen molar-refractivity contribution in [3.05, 3.63) is 52.5 Å². The van der Waals surface area contributed by atoms with E-state index in [4.69, 9.17) is 0 Å². The molecule has 0 unspecified atom stereocenters. The maximum atomic E-state index is 11.9. The number of rotatable bonds is 2. The van der Waals surface area contributed by atoms with Crippen LogP contribution in [-0.4, -0.2) is 21.9 Å². The predicted molar refractivity (Wildman–Crippen MR) is 97.0 cm³/mol. The Morgan fingerprint density at radius 2 is 1.96 bits per heavy atom. The molecule has 0 saturated carbocycles. The fourth-order valence-corrected chi connectivity index (χ4v) is 2.63. The molecule has 0 spiro atoms. The van der Waals surface area contributed by atoms with E-state index in [-0.39, 0.29) is 11.6 Å². The van der Waals surface area contributed by atoms with Gasteiger partial charge in [-0.2, -0.15) is 0 Å². The molecule has 126 valence electrons. The van der Waals surface area contributed by atoms with Gasteiger partial charge in [0.15, 0.2) is 5.69 Å². The molecule has 0 bridgehead atoms. The first-order valence-corrected chi connectivity index (χ1v) is 8.08. The van der Waals surface area contributed by atoms with E-state index < -0.39 is 11.8 Å². The summed E-state index contributed by atoms with van der Waals surface area (Å²) >= 11 is 3.32. The van der Waals surface area contributed by atoms with Crippen LogP contribution in [0.15, 0.2) is 57.2 Å². The number of halogens is 1. The summed E-state index contributed by atoms with van der Waals surface area (Å²) in [6, 6.07) is 12.3. The van der Waals surface area contributed by atoms with Gasteiger partial charge in [-0.15, -0.1) is 10.2 Å². The van der Waals surface area contributed by atoms with Gasteiger partial charge in [-0.3, -0.25) is 9.59 Å². The largest absolute Gasteiger partial charge is 0.493 e. The van der Waals surface area contributed by atoms with E-state index >= 15 is 0 Å². The first kappa shape index (κ1) is 16.8. The maximum Gasteiger partial charge on any atom is 0.353 e. The van der Waals surface area contributed by atoms with Crippen molar-refractivity contribution in [2.45, 2.75) is 6.92 Å². The number of azo groups is 1. The van der Waals surface area contributed by atoms with E-state index in [0.717, 1.165) is 10.0 Å². The number of carbonyl (C=O) groups is 2. The normalized spacial score (nSPS) is 11.1. The van der Waals surface area contributed by atoms with Crippen molar-refractivity contribution in [3.8, 4) is 5.88 Å². The van der Waals surface area contributed by atoms with Gasteiger partial charge in [0.25, 0.3) is 0 Å². The Balaban J connectivity index is 1.81. The molecule has 1 aromatic heterocycles. The maximum absolute atomic E-state index is 11.9. The number of hydrogen-bond donors (Lipinski definition) is 3. The lowest BCUT2D eigenvalue weighted by molar-refractivity contribution is -0.134. The summed E-state index contributed by atoms with van der Waals surface area (Å²) in [5.74, 6) is -2.20. The molecule has 2 amide bonds. The highest BCUT2D eigenvalue weighted by atomic mass is 79.9. The van der Waals surface area contributed by atoms with E-state index in [2.05, 4.69) is 36.5 Å². The van der Waals surface area contributed by atoms with Crippen LogP contribution in [0.4, 0.5) is 11.4 Å². The van der Waals surface area contributed by atoms with Crippen molar-refractivity contribution in [3.63, 3.8) is 0 Å². The highest BCUT2D eigenvalue weighted by Gasteiger charge is 2.16. The third kappa shape index (κ3) is 3.58. The molecule has 2 aromatic carbocycles. The van der Waals surface area contributed by atoms with Crippen molar-refractivity contribution in [1.82, 2.24) is 4.98 Å². The molecule has 0 radical (unpaired) electrons. The quantitative estimate of drug-likeness (QED) is 0.443. The van der Waals surface area contributed by atoms with Crippen molar-refractivity contribution < 1.29 is 14.7 Å². The average Bonchev–Trinajstić information content (AvgIpc) is 2.89. The number of benzene rings is 2. The third-order valence-corrected chi connectivity index (χ3v) is 4.04. The summed E-state index contributed by atoms with van der Waals surface area (Å²) < 4.78 is 0.777. The number of para-hydroxylation sites is 1. The van der Waals surface area contributed by atoms with Crippen molar-refractivity contribution >= 4 is 50.0 Å². The van der Waals surface area contributed by atoms with Crippen LogP contribution in [0, 0.1) is 6.92 Å². The number of aryl methyl sites for hydroxylation is 1. The molecule has 3 N–H and O–H groups in total. The SMILES string of the molecule is Cc1ccccc1NC(=O)C(=O)N=Nc1c(O)[nH]c2ccc(Br)cc12. The van der Waals surface area contributed by atoms with Crippen LogP contribution in [0.1, 0.15) is 5.56 Å². The molecule has 3 rings (SSSR count). The Morgan fingerprint density at radius 1 is 1.20 bits per heavy atom. The molecule has 1 heterocycles. The van der Waals surface area contributed by atoms with Gasteiger partial charge in [0.05, 0.1) is 5.52 Å². The fourth-order valence-electron chi connectivity index (χ4n) is 2.27. The lowest BCUT2D eigenvalue weighted by atomic mass is 10.2. The Labute approximate surface area is 150 Å². The van der Waals surface area contributed by atoms with Gasteiger partial charge in [0.2, 0.25) is 5.88 Å². The van der Waals surface area contributed by atoms with Crippen LogP contribution in [0.3, 0.4) is 0 Å². The van der Waals surface area contributed by atoms with E-state index in [9.17, 15) is 14.7 Å². The van der Waals surface area contributed by atoms with Gasteiger partial charge in [0, 0.05) is 15.5 Å². The van der Waals surface area contributed by atoms with Crippen LogP contribution in [0.2, 0.25) is 0 Å². The third-order valence-electron chi connectivity index (χ3n) is 3.54. The number of hydrogen-bond acceptors (Lipinski definition) is 4. The van der Waals surface area contributed by atoms with Gasteiger partial charge in [-0.25, -0.2) is 0 Å². The zero-order valence-corrected chi connectivity index (χ0v) is 14.7. The molecular formula is C17H13BrN4O3. The first-order valence-electron chi connectivity index (χ1n) is 7.28. The van der Waals surface area contributed by atoms with Crippen LogP contribution in [-0.2, 0) is 9.59 Å². The molecule has 3 aromatic rings. The number of nitrogens with zero attached hydrogens (tertiary/aromatic N) is 2. The highest BCUT2D eigenvalue weighted by Crippen LogP contribution is 2.36. The van der Waals surface area contributed by atoms with Crippen molar-refractivity contribution in [2.75, 3.05) is 5.32 Å². The van der Waals surface area contributed by atoms with E-state index in [0.29, 0.717) is 16.6 Å². The number of aromatic hydroxyl groups is 1. The number of nitrogens with one attached hydrogen (secondary N) is 2. The number of anilines is 1. The van der Waals surface area contributed by atoms with E-state index in [1.165, 1.54) is 0 Å². The number of carbonyl (C=O) groups excluding carboxylic acids is 2. The smallest absolute Gasteiger partial charge is 0.353 e. The van der Waals surface area contributed by atoms with Crippen LogP contribution in [0.5, 0.6) is 5.88 Å². The number of aromatic nitrogens is 1. The standard InChI is InChI=1S/C17H13BrN4O3/c1-9-4-2-3-5-12(9)19-16(24)17(25)22-21-14-11-8-10(18)6-7-13(11)20-15(14)23/h2-8,20,23H,1H3,(H,19,24). The molecule has 0 fully saturated rings. The second-order valence-corrected chi connectivity index (χ2v) is 6.20. The molecule has 0 atom stereocenters. The molecule has 0 aliphatic rings. The number of aromatic amines is 1. The lowest BCUT2D eigenvalue weighted by Crippen LogP contribution is -2.21. The second-order valence-electron chi connectivity index (χ2n) is 5.29. The summed E-state index contributed by atoms with van der Waals surface area (Å²) in [6.45, 7) is 1.81. The van der Waals surface area contributed by atoms with Crippen LogP contribution in [0.25, 0.3) is 10.9 Å². The molecule has 8 heteroatoms. The zero-order chi connectivity index (χ0) is 18.0. The molecule has 0 aliphatic heterocycles. The Bertz CT molecular complexity index is 1010. The number of amides is 2. The van der Waals surface area contributed by atoms with Gasteiger partial charge in [-0.1, -0.05) is 34.1 Å². The Morgan fingerprint density at radius 3 is 2.72 bits per heavy atom. The Hall–Kier alpha value is -3.00. The summed E-state index contributed by atoms with van der Waals surface area (Å²) in [5.41, 5.74) is 2.06. The lowest BCUT2D eigenvalue weighted by Gasteiger charge is -2.04. The summed E-state index contributed by atoms with van der Waals surface area (Å²) in [5, 5.41) is 20.1. The van der Waals surface area contributed by atoms with Gasteiger partial charge in [0.1, 0.15) is 0 Å². The van der Waals surface area contributed by atoms with Crippen LogP contribution < -0.4 is 5.32 Å². The molecule has 0 saturated heterocycles. The first-order chi connectivity index (χ1) is 12.0. The summed E-state index contributed by atoms with van der Waals surface area (Å²) in [6.07, 6.45) is 0. The summed E-state index contributed by atoms with van der Waals surface area (Å²) in [7, 11) is 0. The van der Waals surface area contributed by atoms with Gasteiger partial charge < -0.3 is 15.4 Å². The second kappa shape index (κ2) is 6.86. The van der Waals surface area contributed by atoms with Crippen molar-refractivity contribution in [2.24, 2.45) is 10.2 Å². The molecule has 0 aliphatic carbocycles.